The standard InChI is InChI=1S/C19H22N4O4/c1-12-9-17(20-11-16(12)23(25)26)21-14-5-6-15-13(10-14)7-8-22(15)18(24)27-19(2,3)4/h5-6,9-11H,7-8H2,1-4H3,(H,20,21). The van der Waals surface area contributed by atoms with Gasteiger partial charge in [0.15, 0.2) is 0 Å². The maximum atomic E-state index is 12.3. The quantitative estimate of drug-likeness (QED) is 0.637. The minimum atomic E-state index is -0.541. The number of hydrogen-bond donors (Lipinski definition) is 1. The molecule has 1 aliphatic heterocycles. The van der Waals surface area contributed by atoms with E-state index in [-0.39, 0.29) is 11.8 Å². The normalized spacial score (nSPS) is 13.3. The van der Waals surface area contributed by atoms with Gasteiger partial charge in [0.25, 0.3) is 5.69 Å². The van der Waals surface area contributed by atoms with Crippen LogP contribution in [-0.4, -0.2) is 28.1 Å². The first-order valence-corrected chi connectivity index (χ1v) is 8.65. The number of nitrogens with one attached hydrogen (secondary N) is 1. The highest BCUT2D eigenvalue weighted by Gasteiger charge is 2.29. The van der Waals surface area contributed by atoms with Crippen molar-refractivity contribution in [3.8, 4) is 0 Å². The van der Waals surface area contributed by atoms with Gasteiger partial charge in [-0.2, -0.15) is 0 Å². The van der Waals surface area contributed by atoms with E-state index in [1.807, 2.05) is 39.0 Å². The number of hydrogen-bond acceptors (Lipinski definition) is 6. The van der Waals surface area contributed by atoms with Gasteiger partial charge >= 0.3 is 6.09 Å². The molecule has 1 amide bonds. The molecule has 3 rings (SSSR count). The van der Waals surface area contributed by atoms with Crippen molar-refractivity contribution in [1.82, 2.24) is 4.98 Å². The van der Waals surface area contributed by atoms with Crippen LogP contribution in [0.25, 0.3) is 0 Å². The molecule has 0 saturated carbocycles. The Hall–Kier alpha value is -3.16. The van der Waals surface area contributed by atoms with Crippen molar-refractivity contribution in [3.05, 3.63) is 51.7 Å². The fourth-order valence-corrected chi connectivity index (χ4v) is 2.94. The van der Waals surface area contributed by atoms with Crippen molar-refractivity contribution in [2.45, 2.75) is 39.7 Å². The van der Waals surface area contributed by atoms with Crippen LogP contribution >= 0.6 is 0 Å². The van der Waals surface area contributed by atoms with Crippen LogP contribution in [0.5, 0.6) is 0 Å². The van der Waals surface area contributed by atoms with Gasteiger partial charge < -0.3 is 10.1 Å². The molecule has 1 aliphatic rings. The third-order valence-electron chi connectivity index (χ3n) is 4.14. The third-order valence-corrected chi connectivity index (χ3v) is 4.14. The highest BCUT2D eigenvalue weighted by molar-refractivity contribution is 5.91. The molecule has 8 nitrogen and oxygen atoms in total. The number of carbonyl (C=O) groups is 1. The zero-order chi connectivity index (χ0) is 19.8. The molecule has 0 fully saturated rings. The summed E-state index contributed by atoms with van der Waals surface area (Å²) in [6, 6.07) is 7.31. The molecule has 2 heterocycles. The molecule has 27 heavy (non-hydrogen) atoms. The first-order chi connectivity index (χ1) is 12.6. The van der Waals surface area contributed by atoms with E-state index in [9.17, 15) is 14.9 Å². The highest BCUT2D eigenvalue weighted by atomic mass is 16.6. The van der Waals surface area contributed by atoms with Crippen molar-refractivity contribution >= 4 is 29.0 Å². The van der Waals surface area contributed by atoms with E-state index in [4.69, 9.17) is 4.74 Å². The number of pyridine rings is 1. The summed E-state index contributed by atoms with van der Waals surface area (Å²) in [5.41, 5.74) is 2.66. The number of fused-ring (bicyclic) bond motifs is 1. The smallest absolute Gasteiger partial charge is 0.414 e. The third kappa shape index (κ3) is 4.16. The fourth-order valence-electron chi connectivity index (χ4n) is 2.94. The Morgan fingerprint density at radius 3 is 2.70 bits per heavy atom. The van der Waals surface area contributed by atoms with Crippen LogP contribution in [0.15, 0.2) is 30.5 Å². The lowest BCUT2D eigenvalue weighted by Gasteiger charge is -2.24. The highest BCUT2D eigenvalue weighted by Crippen LogP contribution is 2.32. The van der Waals surface area contributed by atoms with Crippen molar-refractivity contribution < 1.29 is 14.5 Å². The lowest BCUT2D eigenvalue weighted by atomic mass is 10.1. The van der Waals surface area contributed by atoms with E-state index in [2.05, 4.69) is 10.3 Å². The van der Waals surface area contributed by atoms with E-state index in [0.29, 0.717) is 17.9 Å². The molecular weight excluding hydrogens is 348 g/mol. The maximum Gasteiger partial charge on any atom is 0.414 e. The summed E-state index contributed by atoms with van der Waals surface area (Å²) in [6.07, 6.45) is 1.63. The predicted molar refractivity (Wildman–Crippen MR) is 103 cm³/mol. The summed E-state index contributed by atoms with van der Waals surface area (Å²) in [7, 11) is 0. The molecule has 1 aromatic heterocycles. The number of carbonyl (C=O) groups excluding carboxylic acids is 1. The van der Waals surface area contributed by atoms with Crippen LogP contribution in [-0.2, 0) is 11.2 Å². The molecule has 0 saturated heterocycles. The van der Waals surface area contributed by atoms with Crippen molar-refractivity contribution in [2.75, 3.05) is 16.8 Å². The molecule has 8 heteroatoms. The number of nitro groups is 1. The number of rotatable bonds is 3. The SMILES string of the molecule is Cc1cc(Nc2ccc3c(c2)CCN3C(=O)OC(C)(C)C)ncc1[N+](=O)[O-]. The molecule has 0 aliphatic carbocycles. The van der Waals surface area contributed by atoms with E-state index in [0.717, 1.165) is 23.4 Å². The molecule has 0 bridgehead atoms. The van der Waals surface area contributed by atoms with Gasteiger partial charge in [-0.05, 0) is 63.9 Å². The molecule has 2 aromatic rings. The van der Waals surface area contributed by atoms with Crippen LogP contribution < -0.4 is 10.2 Å². The number of ether oxygens (including phenoxy) is 1. The summed E-state index contributed by atoms with van der Waals surface area (Å²) in [5.74, 6) is 0.528. The number of amides is 1. The van der Waals surface area contributed by atoms with Crippen LogP contribution in [0.3, 0.4) is 0 Å². The van der Waals surface area contributed by atoms with Gasteiger partial charge in [-0.25, -0.2) is 9.78 Å². The molecule has 1 N–H and O–H groups in total. The Morgan fingerprint density at radius 1 is 1.33 bits per heavy atom. The number of nitrogens with zero attached hydrogens (tertiary/aromatic N) is 3. The molecule has 0 spiro atoms. The summed E-state index contributed by atoms with van der Waals surface area (Å²) >= 11 is 0. The first kappa shape index (κ1) is 18.6. The Balaban J connectivity index is 1.77. The monoisotopic (exact) mass is 370 g/mol. The van der Waals surface area contributed by atoms with Gasteiger partial charge in [0, 0.05) is 17.8 Å². The lowest BCUT2D eigenvalue weighted by molar-refractivity contribution is -0.385. The van der Waals surface area contributed by atoms with Crippen molar-refractivity contribution in [3.63, 3.8) is 0 Å². The van der Waals surface area contributed by atoms with Crippen molar-refractivity contribution in [2.24, 2.45) is 0 Å². The van der Waals surface area contributed by atoms with E-state index < -0.39 is 10.5 Å². The van der Waals surface area contributed by atoms with Gasteiger partial charge in [0.1, 0.15) is 17.6 Å². The van der Waals surface area contributed by atoms with Crippen LogP contribution in [0.1, 0.15) is 31.9 Å². The molecule has 0 atom stereocenters. The second kappa shape index (κ2) is 6.86. The largest absolute Gasteiger partial charge is 0.443 e. The average molecular weight is 370 g/mol. The van der Waals surface area contributed by atoms with Crippen LogP contribution in [0.2, 0.25) is 0 Å². The Morgan fingerprint density at radius 2 is 2.07 bits per heavy atom. The van der Waals surface area contributed by atoms with Gasteiger partial charge in [-0.1, -0.05) is 0 Å². The van der Waals surface area contributed by atoms with Gasteiger partial charge in [0.05, 0.1) is 10.6 Å². The molecule has 0 unspecified atom stereocenters. The zero-order valence-corrected chi connectivity index (χ0v) is 15.8. The second-order valence-corrected chi connectivity index (χ2v) is 7.46. The fraction of sp³-hybridized carbons (Fsp3) is 0.368. The molecule has 1 aromatic carbocycles. The van der Waals surface area contributed by atoms with Gasteiger partial charge in [-0.3, -0.25) is 15.0 Å². The summed E-state index contributed by atoms with van der Waals surface area (Å²) < 4.78 is 5.45. The average Bonchev–Trinajstić information content (AvgIpc) is 2.96. The molecular formula is C19H22N4O4. The number of anilines is 3. The predicted octanol–water partition coefficient (Wildman–Crippen LogP) is 4.34. The molecule has 142 valence electrons. The Bertz CT molecular complexity index is 905. The van der Waals surface area contributed by atoms with E-state index >= 15 is 0 Å². The number of aryl methyl sites for hydroxylation is 1. The number of aromatic nitrogens is 1. The summed E-state index contributed by atoms with van der Waals surface area (Å²) in [4.78, 5) is 28.5. The van der Waals surface area contributed by atoms with Crippen molar-refractivity contribution in [1.29, 1.82) is 0 Å². The van der Waals surface area contributed by atoms with Crippen LogP contribution in [0, 0.1) is 17.0 Å². The lowest BCUT2D eigenvalue weighted by Crippen LogP contribution is -2.35. The minimum absolute atomic E-state index is 0.0116. The van der Waals surface area contributed by atoms with E-state index in [1.54, 1.807) is 17.9 Å². The van der Waals surface area contributed by atoms with Crippen LogP contribution in [0.4, 0.5) is 27.7 Å². The second-order valence-electron chi connectivity index (χ2n) is 7.46. The topological polar surface area (TPSA) is 97.6 Å². The first-order valence-electron chi connectivity index (χ1n) is 8.65. The number of benzene rings is 1. The van der Waals surface area contributed by atoms with Gasteiger partial charge in [-0.15, -0.1) is 0 Å². The summed E-state index contributed by atoms with van der Waals surface area (Å²) in [6.45, 7) is 7.77. The zero-order valence-electron chi connectivity index (χ0n) is 15.8. The summed E-state index contributed by atoms with van der Waals surface area (Å²) in [5, 5.41) is 14.0. The Kier molecular flexibility index (Phi) is 4.73. The minimum Gasteiger partial charge on any atom is -0.443 e. The van der Waals surface area contributed by atoms with E-state index in [1.165, 1.54) is 6.20 Å². The Labute approximate surface area is 157 Å². The maximum absolute atomic E-state index is 12.3. The van der Waals surface area contributed by atoms with Gasteiger partial charge in [0.2, 0.25) is 0 Å². The molecule has 0 radical (unpaired) electrons.